The molecule has 1 saturated heterocycles. The highest BCUT2D eigenvalue weighted by Gasteiger charge is 2.46. The molecule has 5 rings (SSSR count). The first-order valence-electron chi connectivity index (χ1n) is 20.6. The van der Waals surface area contributed by atoms with Gasteiger partial charge in [0.1, 0.15) is 23.9 Å². The summed E-state index contributed by atoms with van der Waals surface area (Å²) in [6.07, 6.45) is 1.77. The fourth-order valence-electron chi connectivity index (χ4n) is 7.96. The van der Waals surface area contributed by atoms with E-state index in [9.17, 15) is 43.5 Å². The Bertz CT molecular complexity index is 1880. The van der Waals surface area contributed by atoms with Crippen molar-refractivity contribution in [1.29, 1.82) is 0 Å². The van der Waals surface area contributed by atoms with Gasteiger partial charge in [-0.15, -0.1) is 0 Å². The third kappa shape index (κ3) is 12.1. The highest BCUT2D eigenvalue weighted by atomic mass is 16.5. The molecule has 2 aliphatic heterocycles. The Morgan fingerprint density at radius 1 is 0.950 bits per heavy atom. The Labute approximate surface area is 349 Å². The average Bonchev–Trinajstić information content (AvgIpc) is 3.67. The number of carbonyl (C=O) groups is 8. The zero-order chi connectivity index (χ0) is 43.3. The average molecular weight is 833 g/mol. The molecule has 0 spiro atoms. The molecule has 2 fully saturated rings. The first-order valence-corrected chi connectivity index (χ1v) is 20.6. The van der Waals surface area contributed by atoms with E-state index in [2.05, 4.69) is 21.3 Å². The first-order chi connectivity index (χ1) is 28.7. The maximum atomic E-state index is 14.6. The number of benzene rings is 2. The molecular formula is C43H56N6O11. The number of carbonyl (C=O) groups excluding carboxylic acids is 7. The van der Waals surface area contributed by atoms with Gasteiger partial charge < -0.3 is 45.6 Å². The molecule has 2 aromatic rings. The van der Waals surface area contributed by atoms with Crippen molar-refractivity contribution in [2.45, 2.75) is 95.0 Å². The van der Waals surface area contributed by atoms with Crippen LogP contribution in [0.3, 0.4) is 0 Å². The number of hydrogen-bond acceptors (Lipinski definition) is 10. The number of ether oxygens (including phenoxy) is 2. The van der Waals surface area contributed by atoms with Gasteiger partial charge in [0.2, 0.25) is 35.3 Å². The molecule has 5 N–H and O–H groups in total. The van der Waals surface area contributed by atoms with Gasteiger partial charge in [-0.2, -0.15) is 0 Å². The lowest BCUT2D eigenvalue weighted by Gasteiger charge is -2.36. The standard InChI is InChI=1S/C43H56N6O11/c1-4-10-32(38(52)40(54)44-24-35(51)47-36(41(55)48(2)3)27-12-6-5-7-13-27)45-39(53)33-23-31-25-49(33)42(56)37(28-15-17-29(18-16-28)43(57)58)46-34(50)22-26-11-8-14-30(21-26)59-19-9-20-60-31/h5-8,11-14,21,28-29,31-33,36-37H,4,9-10,15-20,22-25H2,1-3H3,(H,44,54)(H,45,53)(H,46,50)(H,47,51)(H,57,58)/t28?,29?,31-,32?,33+,36+,37+/m1/s1. The van der Waals surface area contributed by atoms with E-state index in [1.54, 1.807) is 75.6 Å². The molecule has 5 atom stereocenters. The summed E-state index contributed by atoms with van der Waals surface area (Å²) in [5.74, 6) is -6.21. The second kappa shape index (κ2) is 21.4. The number of likely N-dealkylation sites (N-methyl/N-ethyl adjacent to an activating group) is 1. The number of aliphatic carboxylic acids is 1. The number of Topliss-reactive ketones (excluding diaryl/α,β-unsaturated/α-hetero) is 1. The molecule has 60 heavy (non-hydrogen) atoms. The third-order valence-corrected chi connectivity index (χ3v) is 11.2. The Hall–Kier alpha value is -5.84. The van der Waals surface area contributed by atoms with Crippen molar-refractivity contribution in [1.82, 2.24) is 31.1 Å². The minimum Gasteiger partial charge on any atom is -0.493 e. The molecule has 17 heteroatoms. The smallest absolute Gasteiger partial charge is 0.306 e. The lowest BCUT2D eigenvalue weighted by atomic mass is 9.78. The minimum atomic E-state index is -1.30. The van der Waals surface area contributed by atoms with Crippen LogP contribution in [-0.2, 0) is 49.5 Å². The molecule has 1 unspecified atom stereocenters. The van der Waals surface area contributed by atoms with E-state index >= 15 is 0 Å². The molecule has 324 valence electrons. The van der Waals surface area contributed by atoms with Crippen molar-refractivity contribution in [2.24, 2.45) is 11.8 Å². The third-order valence-electron chi connectivity index (χ3n) is 11.2. The first kappa shape index (κ1) is 45.2. The van der Waals surface area contributed by atoms with Crippen LogP contribution >= 0.6 is 0 Å². The number of nitrogens with one attached hydrogen (secondary N) is 4. The molecule has 2 aromatic carbocycles. The quantitative estimate of drug-likeness (QED) is 0.181. The van der Waals surface area contributed by atoms with Crippen LogP contribution < -0.4 is 26.0 Å². The minimum absolute atomic E-state index is 0.00987. The summed E-state index contributed by atoms with van der Waals surface area (Å²) in [7, 11) is 3.09. The van der Waals surface area contributed by atoms with Crippen LogP contribution in [0.15, 0.2) is 54.6 Å². The molecule has 4 bridgehead atoms. The van der Waals surface area contributed by atoms with E-state index in [-0.39, 0.29) is 32.4 Å². The number of amides is 6. The summed E-state index contributed by atoms with van der Waals surface area (Å²) in [5, 5.41) is 20.1. The molecule has 1 aliphatic carbocycles. The van der Waals surface area contributed by atoms with Crippen molar-refractivity contribution in [3.8, 4) is 5.75 Å². The fraction of sp³-hybridized carbons (Fsp3) is 0.535. The van der Waals surface area contributed by atoms with Crippen LogP contribution in [0.25, 0.3) is 0 Å². The predicted molar refractivity (Wildman–Crippen MR) is 216 cm³/mol. The summed E-state index contributed by atoms with van der Waals surface area (Å²) in [6.45, 7) is 1.74. The summed E-state index contributed by atoms with van der Waals surface area (Å²) < 4.78 is 12.0. The van der Waals surface area contributed by atoms with E-state index in [4.69, 9.17) is 9.47 Å². The predicted octanol–water partition coefficient (Wildman–Crippen LogP) is 1.29. The Morgan fingerprint density at radius 2 is 1.68 bits per heavy atom. The van der Waals surface area contributed by atoms with Gasteiger partial charge in [-0.05, 0) is 61.3 Å². The van der Waals surface area contributed by atoms with Crippen LogP contribution in [-0.4, -0.2) is 127 Å². The normalized spacial score (nSPS) is 23.2. The Kier molecular flexibility index (Phi) is 16.2. The second-order valence-corrected chi connectivity index (χ2v) is 15.8. The zero-order valence-electron chi connectivity index (χ0n) is 34.4. The molecule has 0 radical (unpaired) electrons. The highest BCUT2D eigenvalue weighted by Crippen LogP contribution is 2.33. The van der Waals surface area contributed by atoms with Crippen molar-refractivity contribution in [3.63, 3.8) is 0 Å². The molecule has 0 aromatic heterocycles. The van der Waals surface area contributed by atoms with Gasteiger partial charge >= 0.3 is 5.97 Å². The van der Waals surface area contributed by atoms with Crippen LogP contribution in [0.2, 0.25) is 0 Å². The summed E-state index contributed by atoms with van der Waals surface area (Å²) >= 11 is 0. The summed E-state index contributed by atoms with van der Waals surface area (Å²) in [4.78, 5) is 109. The van der Waals surface area contributed by atoms with Crippen molar-refractivity contribution >= 4 is 47.2 Å². The van der Waals surface area contributed by atoms with E-state index in [1.807, 2.05) is 0 Å². The van der Waals surface area contributed by atoms with Crippen molar-refractivity contribution in [2.75, 3.05) is 40.4 Å². The summed E-state index contributed by atoms with van der Waals surface area (Å²) in [6, 6.07) is 11.1. The molecule has 6 amide bonds. The monoisotopic (exact) mass is 832 g/mol. The lowest BCUT2D eigenvalue weighted by molar-refractivity contribution is -0.146. The molecule has 1 saturated carbocycles. The number of hydrogen-bond donors (Lipinski definition) is 5. The number of rotatable bonds is 13. The SMILES string of the molecule is CCCC(NC(=O)[C@@H]1C[C@@H]2CN1C(=O)[C@H](C1CCC(C(=O)O)CC1)NC(=O)Cc1cccc(c1)OCCCO2)C(=O)C(=O)NCC(=O)N[C@H](C(=O)N(C)C)c1ccccc1. The fourth-order valence-corrected chi connectivity index (χ4v) is 7.96. The van der Waals surface area contributed by atoms with Gasteiger partial charge in [-0.3, -0.25) is 38.4 Å². The molecular weight excluding hydrogens is 777 g/mol. The topological polar surface area (TPSA) is 230 Å². The zero-order valence-corrected chi connectivity index (χ0v) is 34.4. The number of carboxylic acids is 1. The van der Waals surface area contributed by atoms with Crippen LogP contribution in [0.4, 0.5) is 0 Å². The highest BCUT2D eigenvalue weighted by molar-refractivity contribution is 6.38. The largest absolute Gasteiger partial charge is 0.493 e. The Balaban J connectivity index is 1.30. The van der Waals surface area contributed by atoms with E-state index < -0.39 is 95.8 Å². The van der Waals surface area contributed by atoms with Crippen LogP contribution in [0, 0.1) is 11.8 Å². The summed E-state index contributed by atoms with van der Waals surface area (Å²) in [5.41, 5.74) is 1.19. The Morgan fingerprint density at radius 3 is 2.37 bits per heavy atom. The molecule has 2 heterocycles. The van der Waals surface area contributed by atoms with Gasteiger partial charge in [0.05, 0.1) is 44.2 Å². The molecule has 3 aliphatic rings. The number of nitrogens with zero attached hydrogens (tertiary/aromatic N) is 2. The van der Waals surface area contributed by atoms with Crippen LogP contribution in [0.1, 0.15) is 75.5 Å². The van der Waals surface area contributed by atoms with Gasteiger partial charge in [-0.1, -0.05) is 55.8 Å². The van der Waals surface area contributed by atoms with Gasteiger partial charge in [0.15, 0.2) is 0 Å². The maximum absolute atomic E-state index is 14.6. The van der Waals surface area contributed by atoms with E-state index in [0.29, 0.717) is 62.0 Å². The van der Waals surface area contributed by atoms with Gasteiger partial charge in [0.25, 0.3) is 5.91 Å². The van der Waals surface area contributed by atoms with Crippen molar-refractivity contribution < 1.29 is 52.9 Å². The lowest BCUT2D eigenvalue weighted by Crippen LogP contribution is -2.58. The second-order valence-electron chi connectivity index (χ2n) is 15.8. The van der Waals surface area contributed by atoms with E-state index in [1.165, 1.54) is 9.80 Å². The number of carboxylic acid groups (broad SMARTS) is 1. The molecule has 17 nitrogen and oxygen atoms in total. The van der Waals surface area contributed by atoms with Crippen molar-refractivity contribution in [3.05, 3.63) is 65.7 Å². The number of ketones is 1. The van der Waals surface area contributed by atoms with Gasteiger partial charge in [0, 0.05) is 33.5 Å². The maximum Gasteiger partial charge on any atom is 0.306 e. The van der Waals surface area contributed by atoms with E-state index in [0.717, 1.165) is 0 Å². The number of fused-ring (bicyclic) bond motifs is 4. The van der Waals surface area contributed by atoms with Crippen LogP contribution in [0.5, 0.6) is 5.75 Å². The van der Waals surface area contributed by atoms with Gasteiger partial charge in [-0.25, -0.2) is 0 Å².